The van der Waals surface area contributed by atoms with E-state index in [9.17, 15) is 4.79 Å². The molecule has 0 bridgehead atoms. The molecule has 29 heavy (non-hydrogen) atoms. The second kappa shape index (κ2) is 7.48. The molecule has 5 nitrogen and oxygen atoms in total. The summed E-state index contributed by atoms with van der Waals surface area (Å²) in [5, 5.41) is 12.7. The van der Waals surface area contributed by atoms with Crippen LogP contribution in [0.15, 0.2) is 78.9 Å². The summed E-state index contributed by atoms with van der Waals surface area (Å²) in [6.45, 7) is 0. The molecule has 0 aliphatic carbocycles. The van der Waals surface area contributed by atoms with Gasteiger partial charge < -0.3 is 4.74 Å². The lowest BCUT2D eigenvalue weighted by atomic mass is 9.87. The van der Waals surface area contributed by atoms with Crippen molar-refractivity contribution in [3.05, 3.63) is 101 Å². The van der Waals surface area contributed by atoms with Crippen LogP contribution in [-0.2, 0) is 11.2 Å². The Morgan fingerprint density at radius 2 is 1.48 bits per heavy atom. The molecule has 0 atom stereocenters. The fourth-order valence-electron chi connectivity index (χ4n) is 3.52. The maximum atomic E-state index is 13.2. The molecule has 0 saturated heterocycles. The first-order valence-electron chi connectivity index (χ1n) is 9.31. The van der Waals surface area contributed by atoms with Gasteiger partial charge in [-0.1, -0.05) is 78.1 Å². The summed E-state index contributed by atoms with van der Waals surface area (Å²) in [6, 6.07) is 25.3. The molecule has 1 aliphatic rings. The van der Waals surface area contributed by atoms with Crippen molar-refractivity contribution in [2.45, 2.75) is 12.3 Å². The SMILES string of the molecule is O=C(Nc1nnc(Cc2ccccc2)s1)C1c2ccccc2Oc2ccccc21. The second-order valence-electron chi connectivity index (χ2n) is 6.76. The van der Waals surface area contributed by atoms with Gasteiger partial charge in [-0.05, 0) is 17.7 Å². The van der Waals surface area contributed by atoms with E-state index in [-0.39, 0.29) is 5.91 Å². The minimum absolute atomic E-state index is 0.143. The number of para-hydroxylation sites is 2. The number of rotatable bonds is 4. The number of carbonyl (C=O) groups is 1. The molecule has 2 heterocycles. The van der Waals surface area contributed by atoms with E-state index >= 15 is 0 Å². The van der Waals surface area contributed by atoms with Gasteiger partial charge in [-0.2, -0.15) is 0 Å². The number of nitrogens with one attached hydrogen (secondary N) is 1. The first kappa shape index (κ1) is 17.6. The fourth-order valence-corrected chi connectivity index (χ4v) is 4.29. The Kier molecular flexibility index (Phi) is 4.54. The standard InChI is InChI=1S/C23H17N3O2S/c27-22(24-23-26-25-20(29-23)14-15-8-2-1-3-9-15)21-16-10-4-6-12-18(16)28-19-13-7-5-11-17(19)21/h1-13,21H,14H2,(H,24,26,27). The quantitative estimate of drug-likeness (QED) is 0.524. The number of carbonyl (C=O) groups excluding carboxylic acids is 1. The Balaban J connectivity index is 1.40. The highest BCUT2D eigenvalue weighted by Crippen LogP contribution is 2.44. The van der Waals surface area contributed by atoms with Crippen molar-refractivity contribution in [2.75, 3.05) is 5.32 Å². The van der Waals surface area contributed by atoms with Gasteiger partial charge in [0.1, 0.15) is 16.5 Å². The van der Waals surface area contributed by atoms with Crippen LogP contribution in [0.2, 0.25) is 0 Å². The highest BCUT2D eigenvalue weighted by atomic mass is 32.1. The molecular weight excluding hydrogens is 382 g/mol. The van der Waals surface area contributed by atoms with Crippen molar-refractivity contribution in [1.29, 1.82) is 0 Å². The Morgan fingerprint density at radius 3 is 2.17 bits per heavy atom. The molecule has 1 amide bonds. The van der Waals surface area contributed by atoms with Crippen LogP contribution in [0.1, 0.15) is 27.6 Å². The van der Waals surface area contributed by atoms with E-state index < -0.39 is 5.92 Å². The van der Waals surface area contributed by atoms with E-state index in [4.69, 9.17) is 4.74 Å². The molecule has 0 fully saturated rings. The van der Waals surface area contributed by atoms with E-state index in [1.165, 1.54) is 11.3 Å². The second-order valence-corrected chi connectivity index (χ2v) is 7.83. The Hall–Kier alpha value is -3.51. The van der Waals surface area contributed by atoms with Crippen molar-refractivity contribution in [2.24, 2.45) is 0 Å². The maximum Gasteiger partial charge on any atom is 0.238 e. The smallest absolute Gasteiger partial charge is 0.238 e. The zero-order valence-electron chi connectivity index (χ0n) is 15.4. The van der Waals surface area contributed by atoms with Gasteiger partial charge in [0.15, 0.2) is 0 Å². The summed E-state index contributed by atoms with van der Waals surface area (Å²) < 4.78 is 5.97. The minimum Gasteiger partial charge on any atom is -0.457 e. The third kappa shape index (κ3) is 3.50. The monoisotopic (exact) mass is 399 g/mol. The molecule has 6 heteroatoms. The summed E-state index contributed by atoms with van der Waals surface area (Å²) >= 11 is 1.40. The lowest BCUT2D eigenvalue weighted by molar-refractivity contribution is -0.116. The highest BCUT2D eigenvalue weighted by molar-refractivity contribution is 7.15. The average molecular weight is 399 g/mol. The van der Waals surface area contributed by atoms with Gasteiger partial charge >= 0.3 is 0 Å². The molecule has 5 rings (SSSR count). The first-order chi connectivity index (χ1) is 14.3. The van der Waals surface area contributed by atoms with Gasteiger partial charge in [0.2, 0.25) is 11.0 Å². The predicted molar refractivity (Wildman–Crippen MR) is 113 cm³/mol. The molecule has 1 aliphatic heterocycles. The third-order valence-corrected chi connectivity index (χ3v) is 5.68. The molecule has 3 aromatic carbocycles. The van der Waals surface area contributed by atoms with Crippen LogP contribution < -0.4 is 10.1 Å². The topological polar surface area (TPSA) is 64.1 Å². The maximum absolute atomic E-state index is 13.2. The number of anilines is 1. The summed E-state index contributed by atoms with van der Waals surface area (Å²) in [6.07, 6.45) is 0.692. The zero-order chi connectivity index (χ0) is 19.6. The normalized spacial score (nSPS) is 12.6. The molecule has 0 saturated carbocycles. The van der Waals surface area contributed by atoms with Gasteiger partial charge in [0, 0.05) is 17.5 Å². The number of ether oxygens (including phenoxy) is 1. The summed E-state index contributed by atoms with van der Waals surface area (Å²) in [7, 11) is 0. The van der Waals surface area contributed by atoms with Crippen LogP contribution >= 0.6 is 11.3 Å². The lowest BCUT2D eigenvalue weighted by Crippen LogP contribution is -2.25. The minimum atomic E-state index is -0.461. The van der Waals surface area contributed by atoms with Crippen LogP contribution in [0, 0.1) is 0 Å². The van der Waals surface area contributed by atoms with Crippen LogP contribution in [0.25, 0.3) is 0 Å². The lowest BCUT2D eigenvalue weighted by Gasteiger charge is -2.27. The van der Waals surface area contributed by atoms with E-state index in [0.29, 0.717) is 23.1 Å². The van der Waals surface area contributed by atoms with Crippen LogP contribution in [0.3, 0.4) is 0 Å². The molecule has 0 unspecified atom stereocenters. The fraction of sp³-hybridized carbons (Fsp3) is 0.0870. The number of benzene rings is 3. The van der Waals surface area contributed by atoms with Gasteiger partial charge in [0.25, 0.3) is 0 Å². The van der Waals surface area contributed by atoms with Crippen LogP contribution in [-0.4, -0.2) is 16.1 Å². The van der Waals surface area contributed by atoms with Crippen molar-refractivity contribution in [3.8, 4) is 11.5 Å². The molecule has 4 aromatic rings. The Bertz CT molecular complexity index is 1130. The Morgan fingerprint density at radius 1 is 0.862 bits per heavy atom. The number of amides is 1. The van der Waals surface area contributed by atoms with Crippen LogP contribution in [0.5, 0.6) is 11.5 Å². The first-order valence-corrected chi connectivity index (χ1v) is 10.1. The molecule has 142 valence electrons. The molecule has 0 radical (unpaired) electrons. The number of fused-ring (bicyclic) bond motifs is 2. The molecular formula is C23H17N3O2S. The molecule has 0 spiro atoms. The summed E-state index contributed by atoms with van der Waals surface area (Å²) in [5.74, 6) is 0.801. The highest BCUT2D eigenvalue weighted by Gasteiger charge is 2.32. The number of hydrogen-bond acceptors (Lipinski definition) is 5. The largest absolute Gasteiger partial charge is 0.457 e. The van der Waals surface area contributed by atoms with Gasteiger partial charge in [0.05, 0.1) is 5.92 Å². The predicted octanol–water partition coefficient (Wildman–Crippen LogP) is 5.01. The third-order valence-electron chi connectivity index (χ3n) is 4.84. The summed E-state index contributed by atoms with van der Waals surface area (Å²) in [5.41, 5.74) is 2.85. The van der Waals surface area contributed by atoms with Crippen molar-refractivity contribution >= 4 is 22.4 Å². The zero-order valence-corrected chi connectivity index (χ0v) is 16.2. The van der Waals surface area contributed by atoms with Gasteiger partial charge in [-0.3, -0.25) is 10.1 Å². The van der Waals surface area contributed by atoms with E-state index in [1.54, 1.807) is 0 Å². The van der Waals surface area contributed by atoms with E-state index in [0.717, 1.165) is 21.7 Å². The number of aromatic nitrogens is 2. The van der Waals surface area contributed by atoms with Gasteiger partial charge in [-0.25, -0.2) is 0 Å². The van der Waals surface area contributed by atoms with Crippen LogP contribution in [0.4, 0.5) is 5.13 Å². The van der Waals surface area contributed by atoms with Crippen molar-refractivity contribution < 1.29 is 9.53 Å². The number of nitrogens with zero attached hydrogens (tertiary/aromatic N) is 2. The average Bonchev–Trinajstić information content (AvgIpc) is 3.19. The van der Waals surface area contributed by atoms with Crippen molar-refractivity contribution in [3.63, 3.8) is 0 Å². The number of hydrogen-bond donors (Lipinski definition) is 1. The molecule has 1 N–H and O–H groups in total. The Labute approximate surface area is 172 Å². The van der Waals surface area contributed by atoms with Gasteiger partial charge in [-0.15, -0.1) is 10.2 Å². The van der Waals surface area contributed by atoms with Crippen molar-refractivity contribution in [1.82, 2.24) is 10.2 Å². The van der Waals surface area contributed by atoms with E-state index in [1.807, 2.05) is 66.7 Å². The summed E-state index contributed by atoms with van der Waals surface area (Å²) in [4.78, 5) is 13.2. The molecule has 1 aromatic heterocycles. The van der Waals surface area contributed by atoms with E-state index in [2.05, 4.69) is 27.6 Å².